The van der Waals surface area contributed by atoms with E-state index in [2.05, 4.69) is 41.1 Å². The quantitative estimate of drug-likeness (QED) is 0.451. The predicted molar refractivity (Wildman–Crippen MR) is 127 cm³/mol. The van der Waals surface area contributed by atoms with E-state index in [1.807, 2.05) is 65.5 Å². The molecule has 0 spiro atoms. The number of guanidine groups is 1. The van der Waals surface area contributed by atoms with Gasteiger partial charge in [-0.05, 0) is 31.2 Å². The van der Waals surface area contributed by atoms with Gasteiger partial charge in [0.05, 0.1) is 22.4 Å². The molecule has 3 heterocycles. The summed E-state index contributed by atoms with van der Waals surface area (Å²) in [6.45, 7) is 2.08. The number of nitrogens with two attached hydrogens (primary N) is 1. The van der Waals surface area contributed by atoms with Gasteiger partial charge in [0.25, 0.3) is 0 Å². The molecule has 1 atom stereocenters. The van der Waals surface area contributed by atoms with Crippen LogP contribution in [-0.4, -0.2) is 25.3 Å². The Morgan fingerprint density at radius 1 is 0.906 bits per heavy atom. The number of aliphatic imine (C=N–C) groups is 1. The minimum absolute atomic E-state index is 0.333. The topological polar surface area (TPSA) is 86.1 Å². The second kappa shape index (κ2) is 7.09. The van der Waals surface area contributed by atoms with Gasteiger partial charge in [-0.2, -0.15) is 5.10 Å². The highest BCUT2D eigenvalue weighted by molar-refractivity contribution is 5.95. The van der Waals surface area contributed by atoms with E-state index in [4.69, 9.17) is 20.8 Å². The first kappa shape index (κ1) is 18.4. The number of aromatic nitrogens is 4. The molecule has 0 amide bonds. The van der Waals surface area contributed by atoms with Crippen molar-refractivity contribution in [1.82, 2.24) is 19.3 Å². The zero-order valence-corrected chi connectivity index (χ0v) is 17.5. The van der Waals surface area contributed by atoms with E-state index in [-0.39, 0.29) is 0 Å². The SMILES string of the molecule is Cc1ccc(-c2nn(-c3ccccc3)cc2C2N=C(N)Nc3nc4ccccc4n32)cc1. The Balaban J connectivity index is 1.60. The number of hydrogen-bond acceptors (Lipinski definition) is 5. The lowest BCUT2D eigenvalue weighted by molar-refractivity contribution is 0.627. The summed E-state index contributed by atoms with van der Waals surface area (Å²) >= 11 is 0. The van der Waals surface area contributed by atoms with Crippen LogP contribution in [0.1, 0.15) is 17.3 Å². The molecular weight excluding hydrogens is 398 g/mol. The summed E-state index contributed by atoms with van der Waals surface area (Å²) in [5, 5.41) is 8.08. The second-order valence-corrected chi connectivity index (χ2v) is 7.89. The van der Waals surface area contributed by atoms with Gasteiger partial charge in [-0.3, -0.25) is 9.88 Å². The molecule has 0 radical (unpaired) electrons. The normalized spacial score (nSPS) is 15.3. The number of fused-ring (bicyclic) bond motifs is 3. The Kier molecular flexibility index (Phi) is 4.07. The Hall–Kier alpha value is -4.39. The number of aryl methyl sites for hydroxylation is 1. The van der Waals surface area contributed by atoms with Gasteiger partial charge in [0.15, 0.2) is 12.1 Å². The molecule has 32 heavy (non-hydrogen) atoms. The molecule has 0 saturated heterocycles. The minimum atomic E-state index is -0.396. The van der Waals surface area contributed by atoms with Crippen LogP contribution in [0.2, 0.25) is 0 Å². The molecule has 3 N–H and O–H groups in total. The Morgan fingerprint density at radius 2 is 1.66 bits per heavy atom. The average molecular weight is 419 g/mol. The highest BCUT2D eigenvalue weighted by atomic mass is 15.4. The van der Waals surface area contributed by atoms with Crippen LogP contribution in [0.5, 0.6) is 0 Å². The number of anilines is 1. The lowest BCUT2D eigenvalue weighted by Gasteiger charge is -2.23. The summed E-state index contributed by atoms with van der Waals surface area (Å²) in [4.78, 5) is 9.50. The van der Waals surface area contributed by atoms with Crippen LogP contribution in [-0.2, 0) is 0 Å². The largest absolute Gasteiger partial charge is 0.370 e. The lowest BCUT2D eigenvalue weighted by atomic mass is 10.0. The summed E-state index contributed by atoms with van der Waals surface area (Å²) in [5.74, 6) is 1.01. The van der Waals surface area contributed by atoms with Crippen molar-refractivity contribution in [2.75, 3.05) is 5.32 Å². The Morgan fingerprint density at radius 3 is 2.47 bits per heavy atom. The van der Waals surface area contributed by atoms with Crippen molar-refractivity contribution in [2.45, 2.75) is 13.1 Å². The number of para-hydroxylation sites is 3. The fourth-order valence-corrected chi connectivity index (χ4v) is 4.15. The molecule has 0 aliphatic carbocycles. The van der Waals surface area contributed by atoms with Gasteiger partial charge >= 0.3 is 0 Å². The van der Waals surface area contributed by atoms with Crippen molar-refractivity contribution >= 4 is 22.9 Å². The first-order valence-corrected chi connectivity index (χ1v) is 10.5. The minimum Gasteiger partial charge on any atom is -0.370 e. The maximum Gasteiger partial charge on any atom is 0.212 e. The molecular formula is C25H21N7. The van der Waals surface area contributed by atoms with Gasteiger partial charge in [-0.15, -0.1) is 0 Å². The zero-order valence-electron chi connectivity index (χ0n) is 17.5. The van der Waals surface area contributed by atoms with E-state index in [1.165, 1.54) is 5.56 Å². The molecule has 0 saturated carbocycles. The van der Waals surface area contributed by atoms with Crippen LogP contribution in [0, 0.1) is 6.92 Å². The van der Waals surface area contributed by atoms with Crippen LogP contribution < -0.4 is 11.1 Å². The first-order chi connectivity index (χ1) is 15.7. The number of nitrogens with zero attached hydrogens (tertiary/aromatic N) is 5. The summed E-state index contributed by atoms with van der Waals surface area (Å²) in [6.07, 6.45) is 1.64. The Labute approximate surface area is 184 Å². The summed E-state index contributed by atoms with van der Waals surface area (Å²) < 4.78 is 3.98. The van der Waals surface area contributed by atoms with Crippen LogP contribution in [0.4, 0.5) is 5.95 Å². The van der Waals surface area contributed by atoms with Gasteiger partial charge in [0.2, 0.25) is 5.95 Å². The van der Waals surface area contributed by atoms with Crippen molar-refractivity contribution in [3.63, 3.8) is 0 Å². The molecule has 7 nitrogen and oxygen atoms in total. The number of nitrogens with one attached hydrogen (secondary N) is 1. The molecule has 2 aromatic heterocycles. The van der Waals surface area contributed by atoms with Crippen molar-refractivity contribution < 1.29 is 0 Å². The standard InChI is InChI=1S/C25H21N7/c1-16-11-13-17(14-12-16)22-19(15-31(30-22)18-7-3-2-4-8-18)23-28-24(26)29-25-27-20-9-5-6-10-21(20)32(23)25/h2-15,23H,1H3,(H3,26,27,28,29). The van der Waals surface area contributed by atoms with E-state index in [9.17, 15) is 0 Å². The fraction of sp³-hybridized carbons (Fsp3) is 0.0800. The molecule has 0 fully saturated rings. The van der Waals surface area contributed by atoms with Gasteiger partial charge in [0.1, 0.15) is 0 Å². The third kappa shape index (κ3) is 2.94. The molecule has 7 heteroatoms. The summed E-state index contributed by atoms with van der Waals surface area (Å²) in [7, 11) is 0. The summed E-state index contributed by atoms with van der Waals surface area (Å²) in [5.41, 5.74) is 13.1. The first-order valence-electron chi connectivity index (χ1n) is 10.5. The molecule has 3 aromatic carbocycles. The van der Waals surface area contributed by atoms with Crippen LogP contribution >= 0.6 is 0 Å². The van der Waals surface area contributed by atoms with Crippen molar-refractivity contribution in [1.29, 1.82) is 0 Å². The van der Waals surface area contributed by atoms with Gasteiger partial charge in [0, 0.05) is 17.3 Å². The maximum absolute atomic E-state index is 6.18. The van der Waals surface area contributed by atoms with Crippen molar-refractivity contribution in [3.8, 4) is 16.9 Å². The smallest absolute Gasteiger partial charge is 0.212 e. The molecule has 1 aliphatic heterocycles. The van der Waals surface area contributed by atoms with E-state index in [0.717, 1.165) is 33.5 Å². The van der Waals surface area contributed by atoms with E-state index in [0.29, 0.717) is 11.9 Å². The lowest BCUT2D eigenvalue weighted by Crippen LogP contribution is -2.31. The van der Waals surface area contributed by atoms with Crippen molar-refractivity contribution in [3.05, 3.63) is 96.2 Å². The third-order valence-corrected chi connectivity index (χ3v) is 5.71. The number of imidazole rings is 1. The summed E-state index contributed by atoms with van der Waals surface area (Å²) in [6, 6.07) is 26.5. The van der Waals surface area contributed by atoms with E-state index in [1.54, 1.807) is 0 Å². The molecule has 0 bridgehead atoms. The van der Waals surface area contributed by atoms with Crippen LogP contribution in [0.25, 0.3) is 28.0 Å². The van der Waals surface area contributed by atoms with Crippen LogP contribution in [0.3, 0.4) is 0 Å². The van der Waals surface area contributed by atoms with Gasteiger partial charge in [-0.1, -0.05) is 60.2 Å². The molecule has 6 rings (SSSR count). The zero-order chi connectivity index (χ0) is 21.7. The highest BCUT2D eigenvalue weighted by Gasteiger charge is 2.29. The van der Waals surface area contributed by atoms with Crippen LogP contribution in [0.15, 0.2) is 90.1 Å². The third-order valence-electron chi connectivity index (χ3n) is 5.71. The van der Waals surface area contributed by atoms with Crippen molar-refractivity contribution in [2.24, 2.45) is 10.7 Å². The highest BCUT2D eigenvalue weighted by Crippen LogP contribution is 2.37. The Bertz CT molecular complexity index is 1460. The number of hydrogen-bond donors (Lipinski definition) is 2. The molecule has 1 aliphatic rings. The number of benzene rings is 3. The molecule has 156 valence electrons. The second-order valence-electron chi connectivity index (χ2n) is 7.89. The molecule has 5 aromatic rings. The average Bonchev–Trinajstić information content (AvgIpc) is 3.41. The van der Waals surface area contributed by atoms with Gasteiger partial charge in [-0.25, -0.2) is 14.7 Å². The monoisotopic (exact) mass is 419 g/mol. The fourth-order valence-electron chi connectivity index (χ4n) is 4.15. The number of rotatable bonds is 3. The maximum atomic E-state index is 6.18. The predicted octanol–water partition coefficient (Wildman–Crippen LogP) is 4.48. The van der Waals surface area contributed by atoms with E-state index < -0.39 is 6.17 Å². The molecule has 1 unspecified atom stereocenters. The van der Waals surface area contributed by atoms with E-state index >= 15 is 0 Å². The van der Waals surface area contributed by atoms with Gasteiger partial charge < -0.3 is 5.73 Å².